The van der Waals surface area contributed by atoms with E-state index in [-0.39, 0.29) is 15.6 Å². The number of halogens is 5. The van der Waals surface area contributed by atoms with Gasteiger partial charge in [0, 0.05) is 36.2 Å². The van der Waals surface area contributed by atoms with Gasteiger partial charge >= 0.3 is 6.18 Å². The van der Waals surface area contributed by atoms with Gasteiger partial charge in [-0.05, 0) is 23.8 Å². The van der Waals surface area contributed by atoms with E-state index in [4.69, 9.17) is 23.2 Å². The van der Waals surface area contributed by atoms with Gasteiger partial charge in [0.15, 0.2) is 0 Å². The number of benzene rings is 1. The lowest BCUT2D eigenvalue weighted by molar-refractivity contribution is -0.187. The molecule has 1 saturated heterocycles. The Hall–Kier alpha value is -0.490. The smallest absolute Gasteiger partial charge is 0.314 e. The molecule has 2 nitrogen and oxygen atoms in total. The summed E-state index contributed by atoms with van der Waals surface area (Å²) in [5.74, 6) is 0. The van der Waals surface area contributed by atoms with Crippen LogP contribution in [0, 0.1) is 0 Å². The summed E-state index contributed by atoms with van der Waals surface area (Å²) in [5, 5.41) is 3.37. The molecule has 0 aromatic heterocycles. The molecule has 0 amide bonds. The summed E-state index contributed by atoms with van der Waals surface area (Å²) in [4.78, 5) is 1.38. The molecule has 7 heteroatoms. The molecule has 1 aliphatic rings. The number of rotatable bonds is 2. The molecule has 0 bridgehead atoms. The largest absolute Gasteiger partial charge is 0.408 e. The van der Waals surface area contributed by atoms with Crippen LogP contribution >= 0.6 is 23.2 Å². The monoisotopic (exact) mass is 312 g/mol. The van der Waals surface area contributed by atoms with E-state index in [1.54, 1.807) is 0 Å². The van der Waals surface area contributed by atoms with Crippen molar-refractivity contribution >= 4 is 23.2 Å². The van der Waals surface area contributed by atoms with E-state index >= 15 is 0 Å². The standard InChI is InChI=1S/C12H13Cl2F3N2/c13-8-1-2-10(14)9(7-8)11(12(15,16)17)19-5-3-18-4-6-19/h1-2,7,11,18H,3-6H2/t11-/m0/s1. The van der Waals surface area contributed by atoms with Crippen LogP contribution in [0.4, 0.5) is 13.2 Å². The van der Waals surface area contributed by atoms with Gasteiger partial charge in [0.05, 0.1) is 0 Å². The second-order valence-corrected chi connectivity index (χ2v) is 5.24. The maximum Gasteiger partial charge on any atom is 0.408 e. The van der Waals surface area contributed by atoms with Gasteiger partial charge < -0.3 is 5.32 Å². The van der Waals surface area contributed by atoms with Crippen molar-refractivity contribution < 1.29 is 13.2 Å². The lowest BCUT2D eigenvalue weighted by Gasteiger charge is -2.36. The van der Waals surface area contributed by atoms with Crippen LogP contribution < -0.4 is 5.32 Å². The second-order valence-electron chi connectivity index (χ2n) is 4.40. The summed E-state index contributed by atoms with van der Waals surface area (Å²) < 4.78 is 40.0. The van der Waals surface area contributed by atoms with Crippen molar-refractivity contribution in [3.8, 4) is 0 Å². The van der Waals surface area contributed by atoms with E-state index in [1.807, 2.05) is 0 Å². The first-order valence-electron chi connectivity index (χ1n) is 5.86. The van der Waals surface area contributed by atoms with Gasteiger partial charge in [-0.3, -0.25) is 4.90 Å². The van der Waals surface area contributed by atoms with Crippen LogP contribution in [0.2, 0.25) is 10.0 Å². The molecule has 1 heterocycles. The first-order valence-corrected chi connectivity index (χ1v) is 6.61. The van der Waals surface area contributed by atoms with E-state index < -0.39 is 12.2 Å². The molecule has 0 saturated carbocycles. The highest BCUT2D eigenvalue weighted by Crippen LogP contribution is 2.41. The number of hydrogen-bond acceptors (Lipinski definition) is 2. The van der Waals surface area contributed by atoms with Crippen molar-refractivity contribution in [1.29, 1.82) is 0 Å². The van der Waals surface area contributed by atoms with Gasteiger partial charge in [-0.15, -0.1) is 0 Å². The van der Waals surface area contributed by atoms with Crippen molar-refractivity contribution in [3.63, 3.8) is 0 Å². The molecular formula is C12H13Cl2F3N2. The van der Waals surface area contributed by atoms with Gasteiger partial charge in [-0.1, -0.05) is 23.2 Å². The van der Waals surface area contributed by atoms with Crippen LogP contribution in [0.15, 0.2) is 18.2 Å². The summed E-state index contributed by atoms with van der Waals surface area (Å²) in [7, 11) is 0. The van der Waals surface area contributed by atoms with Crippen LogP contribution in [-0.2, 0) is 0 Å². The Morgan fingerprint density at radius 2 is 1.79 bits per heavy atom. The molecular weight excluding hydrogens is 300 g/mol. The number of hydrogen-bond donors (Lipinski definition) is 1. The van der Waals surface area contributed by atoms with Crippen molar-refractivity contribution in [2.45, 2.75) is 12.2 Å². The molecule has 0 unspecified atom stereocenters. The SMILES string of the molecule is FC(F)(F)[C@H](c1cc(Cl)ccc1Cl)N1CCNCC1. The molecule has 1 atom stereocenters. The molecule has 1 aromatic rings. The molecule has 0 radical (unpaired) electrons. The summed E-state index contributed by atoms with van der Waals surface area (Å²) in [5.41, 5.74) is 0.0172. The van der Waals surface area contributed by atoms with Gasteiger partial charge in [-0.2, -0.15) is 13.2 Å². The van der Waals surface area contributed by atoms with Gasteiger partial charge in [0.25, 0.3) is 0 Å². The van der Waals surface area contributed by atoms with Crippen molar-refractivity contribution in [3.05, 3.63) is 33.8 Å². The molecule has 106 valence electrons. The predicted octanol–water partition coefficient (Wildman–Crippen LogP) is 3.50. The third-order valence-corrected chi connectivity index (χ3v) is 3.66. The number of nitrogens with zero attached hydrogens (tertiary/aromatic N) is 1. The fourth-order valence-corrected chi connectivity index (χ4v) is 2.65. The van der Waals surface area contributed by atoms with Crippen molar-refractivity contribution in [2.75, 3.05) is 26.2 Å². The molecule has 2 rings (SSSR count). The normalized spacial score (nSPS) is 19.4. The zero-order valence-corrected chi connectivity index (χ0v) is 11.5. The fraction of sp³-hybridized carbons (Fsp3) is 0.500. The Morgan fingerprint density at radius 3 is 2.37 bits per heavy atom. The summed E-state index contributed by atoms with van der Waals surface area (Å²) in [6, 6.07) is 2.48. The minimum Gasteiger partial charge on any atom is -0.314 e. The van der Waals surface area contributed by atoms with Crippen molar-refractivity contribution in [1.82, 2.24) is 10.2 Å². The van der Waals surface area contributed by atoms with E-state index in [0.717, 1.165) is 0 Å². The predicted molar refractivity (Wildman–Crippen MR) is 69.7 cm³/mol. The minimum absolute atomic E-state index is 0.0172. The van der Waals surface area contributed by atoms with Crippen LogP contribution in [-0.4, -0.2) is 37.3 Å². The Labute approximate surface area is 119 Å². The number of nitrogens with one attached hydrogen (secondary N) is 1. The first kappa shape index (κ1) is 14.9. The fourth-order valence-electron chi connectivity index (χ4n) is 2.24. The highest BCUT2D eigenvalue weighted by molar-refractivity contribution is 6.33. The lowest BCUT2D eigenvalue weighted by Crippen LogP contribution is -2.49. The number of piperazine rings is 1. The zero-order chi connectivity index (χ0) is 14.0. The molecule has 1 aromatic carbocycles. The molecule has 1 aliphatic heterocycles. The van der Waals surface area contributed by atoms with E-state index in [9.17, 15) is 13.2 Å². The first-order chi connectivity index (χ1) is 8.89. The molecule has 19 heavy (non-hydrogen) atoms. The highest BCUT2D eigenvalue weighted by atomic mass is 35.5. The lowest BCUT2D eigenvalue weighted by atomic mass is 10.0. The van der Waals surface area contributed by atoms with Gasteiger partial charge in [-0.25, -0.2) is 0 Å². The van der Waals surface area contributed by atoms with E-state index in [1.165, 1.54) is 23.1 Å². The molecule has 0 spiro atoms. The summed E-state index contributed by atoms with van der Waals surface area (Å²) >= 11 is 11.7. The van der Waals surface area contributed by atoms with Gasteiger partial charge in [0.2, 0.25) is 0 Å². The van der Waals surface area contributed by atoms with Crippen LogP contribution in [0.25, 0.3) is 0 Å². The van der Waals surface area contributed by atoms with Crippen LogP contribution in [0.5, 0.6) is 0 Å². The molecule has 0 aliphatic carbocycles. The maximum atomic E-state index is 13.3. The van der Waals surface area contributed by atoms with Crippen LogP contribution in [0.3, 0.4) is 0 Å². The summed E-state index contributed by atoms with van der Waals surface area (Å²) in [6.45, 7) is 1.72. The Kier molecular flexibility index (Phi) is 4.61. The Balaban J connectivity index is 2.39. The average molecular weight is 313 g/mol. The van der Waals surface area contributed by atoms with E-state index in [2.05, 4.69) is 5.32 Å². The highest BCUT2D eigenvalue weighted by Gasteiger charge is 2.45. The van der Waals surface area contributed by atoms with Crippen LogP contribution in [0.1, 0.15) is 11.6 Å². The van der Waals surface area contributed by atoms with Gasteiger partial charge in [0.1, 0.15) is 6.04 Å². The van der Waals surface area contributed by atoms with E-state index in [0.29, 0.717) is 26.2 Å². The second kappa shape index (κ2) is 5.87. The minimum atomic E-state index is -4.38. The quantitative estimate of drug-likeness (QED) is 0.899. The average Bonchev–Trinajstić information content (AvgIpc) is 2.33. The molecule has 1 N–H and O–H groups in total. The summed E-state index contributed by atoms with van der Waals surface area (Å²) in [6.07, 6.45) is -4.38. The Bertz CT molecular complexity index is 445. The maximum absolute atomic E-state index is 13.3. The van der Waals surface area contributed by atoms with Crippen molar-refractivity contribution in [2.24, 2.45) is 0 Å². The zero-order valence-electron chi connectivity index (χ0n) is 9.97. The third-order valence-electron chi connectivity index (χ3n) is 3.08. The Morgan fingerprint density at radius 1 is 1.16 bits per heavy atom. The number of alkyl halides is 3. The molecule has 1 fully saturated rings. The topological polar surface area (TPSA) is 15.3 Å². The third kappa shape index (κ3) is 3.54.